The fourth-order valence-corrected chi connectivity index (χ4v) is 4.39. The maximum absolute atomic E-state index is 13.2. The molecule has 0 atom stereocenters. The summed E-state index contributed by atoms with van der Waals surface area (Å²) in [5.41, 5.74) is 2.14. The molecule has 2 N–H and O–H groups in total. The first-order valence-corrected chi connectivity index (χ1v) is 11.0. The van der Waals surface area contributed by atoms with Gasteiger partial charge in [-0.05, 0) is 55.8 Å². The fraction of sp³-hybridized carbons (Fsp3) is 0.286. The number of nitrogens with one attached hydrogen (secondary N) is 2. The number of aryl methyl sites for hydroxylation is 1. The lowest BCUT2D eigenvalue weighted by Crippen LogP contribution is -2.48. The first kappa shape index (κ1) is 23.9. The fourth-order valence-electron chi connectivity index (χ4n) is 3.17. The molecule has 2 aromatic carbocycles. The van der Waals surface area contributed by atoms with E-state index in [2.05, 4.69) is 9.82 Å². The van der Waals surface area contributed by atoms with E-state index in [0.29, 0.717) is 11.3 Å². The largest absolute Gasteiger partial charge is 0.402 e. The summed E-state index contributed by atoms with van der Waals surface area (Å²) >= 11 is 0. The van der Waals surface area contributed by atoms with Crippen LogP contribution in [0.5, 0.6) is 0 Å². The van der Waals surface area contributed by atoms with Crippen LogP contribution in [0.3, 0.4) is 0 Å². The van der Waals surface area contributed by atoms with Crippen LogP contribution in [0.15, 0.2) is 54.6 Å². The van der Waals surface area contributed by atoms with E-state index in [1.54, 1.807) is 62.0 Å². The third-order valence-electron chi connectivity index (χ3n) is 4.75. The molecule has 3 rings (SSSR count). The number of benzene rings is 2. The average molecular weight is 470 g/mol. The molecule has 32 heavy (non-hydrogen) atoms. The molecule has 11 heteroatoms. The van der Waals surface area contributed by atoms with E-state index >= 15 is 0 Å². The molecule has 1 aromatic heterocycles. The van der Waals surface area contributed by atoms with Crippen LogP contribution in [0, 0.1) is 5.82 Å². The van der Waals surface area contributed by atoms with Gasteiger partial charge in [0.05, 0.1) is 16.9 Å². The van der Waals surface area contributed by atoms with Gasteiger partial charge in [-0.15, -0.1) is 0 Å². The number of alkyl halides is 3. The first-order valence-electron chi connectivity index (χ1n) is 9.52. The van der Waals surface area contributed by atoms with Crippen molar-refractivity contribution in [3.63, 3.8) is 0 Å². The lowest BCUT2D eigenvalue weighted by Gasteiger charge is -2.27. The van der Waals surface area contributed by atoms with Crippen LogP contribution in [-0.2, 0) is 22.8 Å². The van der Waals surface area contributed by atoms with Crippen molar-refractivity contribution in [1.82, 2.24) is 19.2 Å². The highest BCUT2D eigenvalue weighted by Crippen LogP contribution is 2.29. The molecule has 0 aliphatic rings. The van der Waals surface area contributed by atoms with Crippen molar-refractivity contribution in [3.05, 3.63) is 66.0 Å². The van der Waals surface area contributed by atoms with E-state index in [0.717, 1.165) is 16.8 Å². The van der Waals surface area contributed by atoms with Gasteiger partial charge in [0.2, 0.25) is 0 Å². The molecule has 0 radical (unpaired) electrons. The Labute approximate surface area is 183 Å². The third kappa shape index (κ3) is 5.93. The summed E-state index contributed by atoms with van der Waals surface area (Å²) < 4.78 is 79.9. The van der Waals surface area contributed by atoms with Gasteiger partial charge in [0.25, 0.3) is 10.2 Å². The number of aromatic nitrogens is 2. The predicted molar refractivity (Wildman–Crippen MR) is 113 cm³/mol. The minimum absolute atomic E-state index is 0.355. The highest BCUT2D eigenvalue weighted by atomic mass is 32.2. The Morgan fingerprint density at radius 1 is 1.00 bits per heavy atom. The number of hydrogen-bond acceptors (Lipinski definition) is 3. The minimum atomic E-state index is -4.67. The Balaban J connectivity index is 1.87. The topological polar surface area (TPSA) is 76.0 Å². The quantitative estimate of drug-likeness (QED) is 0.510. The third-order valence-corrected chi connectivity index (χ3v) is 6.06. The lowest BCUT2D eigenvalue weighted by molar-refractivity contribution is -0.121. The summed E-state index contributed by atoms with van der Waals surface area (Å²) in [7, 11) is -2.67. The number of hydrogen-bond donors (Lipinski definition) is 2. The van der Waals surface area contributed by atoms with Crippen LogP contribution in [0.4, 0.5) is 17.6 Å². The molecule has 0 aliphatic carbocycles. The smallest absolute Gasteiger partial charge is 0.267 e. The summed E-state index contributed by atoms with van der Waals surface area (Å²) in [6.45, 7) is 1.43. The Hall–Kier alpha value is -2.76. The molecule has 6 nitrogen and oxygen atoms in total. The number of rotatable bonds is 7. The SMILES string of the molecule is Cn1nc(-c2ccc(F)cc2)cc1-c1cccc(C(C)(C)NS(=O)(=O)NCC(F)(F)F)c1. The molecule has 0 amide bonds. The van der Waals surface area contributed by atoms with Crippen LogP contribution in [0.2, 0.25) is 0 Å². The van der Waals surface area contributed by atoms with Crippen molar-refractivity contribution < 1.29 is 26.0 Å². The normalized spacial score (nSPS) is 12.8. The van der Waals surface area contributed by atoms with Crippen LogP contribution < -0.4 is 9.44 Å². The summed E-state index contributed by atoms with van der Waals surface area (Å²) in [6.07, 6.45) is -4.67. The van der Waals surface area contributed by atoms with Crippen molar-refractivity contribution in [2.45, 2.75) is 25.6 Å². The minimum Gasteiger partial charge on any atom is -0.267 e. The van der Waals surface area contributed by atoms with Crippen molar-refractivity contribution in [3.8, 4) is 22.5 Å². The van der Waals surface area contributed by atoms with E-state index in [9.17, 15) is 26.0 Å². The second-order valence-electron chi connectivity index (χ2n) is 7.79. The highest BCUT2D eigenvalue weighted by Gasteiger charge is 2.32. The second kappa shape index (κ2) is 8.64. The molecule has 0 aliphatic heterocycles. The van der Waals surface area contributed by atoms with E-state index in [-0.39, 0.29) is 5.82 Å². The van der Waals surface area contributed by atoms with Crippen molar-refractivity contribution in [1.29, 1.82) is 0 Å². The number of halogens is 4. The molecule has 0 bridgehead atoms. The molecule has 3 aromatic rings. The summed E-state index contributed by atoms with van der Waals surface area (Å²) in [4.78, 5) is 0. The van der Waals surface area contributed by atoms with Gasteiger partial charge in [-0.2, -0.15) is 36.1 Å². The Bertz CT molecular complexity index is 1200. The molecule has 0 spiro atoms. The molecule has 0 saturated carbocycles. The van der Waals surface area contributed by atoms with Crippen molar-refractivity contribution in [2.75, 3.05) is 6.54 Å². The predicted octanol–water partition coefficient (Wildman–Crippen LogP) is 4.11. The molecule has 0 saturated heterocycles. The summed E-state index contributed by atoms with van der Waals surface area (Å²) in [5, 5.41) is 4.45. The van der Waals surface area contributed by atoms with Gasteiger partial charge in [0, 0.05) is 18.2 Å². The zero-order valence-electron chi connectivity index (χ0n) is 17.5. The first-order chi connectivity index (χ1) is 14.8. The molecule has 0 unspecified atom stereocenters. The molecular formula is C21H22F4N4O2S. The summed E-state index contributed by atoms with van der Waals surface area (Å²) in [5.74, 6) is -0.355. The van der Waals surface area contributed by atoms with Crippen molar-refractivity contribution >= 4 is 10.2 Å². The zero-order valence-corrected chi connectivity index (χ0v) is 18.4. The highest BCUT2D eigenvalue weighted by molar-refractivity contribution is 7.87. The van der Waals surface area contributed by atoms with Gasteiger partial charge >= 0.3 is 6.18 Å². The number of nitrogens with zero attached hydrogens (tertiary/aromatic N) is 2. The monoisotopic (exact) mass is 470 g/mol. The van der Waals surface area contributed by atoms with Crippen LogP contribution in [-0.4, -0.2) is 30.9 Å². The van der Waals surface area contributed by atoms with Crippen molar-refractivity contribution in [2.24, 2.45) is 7.05 Å². The Kier molecular flexibility index (Phi) is 6.45. The molecule has 0 fully saturated rings. The molecule has 1 heterocycles. The van der Waals surface area contributed by atoms with Gasteiger partial charge in [-0.25, -0.2) is 4.39 Å². The van der Waals surface area contributed by atoms with Gasteiger partial charge in [-0.1, -0.05) is 18.2 Å². The van der Waals surface area contributed by atoms with Crippen LogP contribution in [0.1, 0.15) is 19.4 Å². The van der Waals surface area contributed by atoms with Crippen LogP contribution >= 0.6 is 0 Å². The van der Waals surface area contributed by atoms with E-state index in [1.807, 2.05) is 6.07 Å². The zero-order chi connectivity index (χ0) is 23.7. The van der Waals surface area contributed by atoms with Gasteiger partial charge < -0.3 is 0 Å². The molecule has 172 valence electrons. The Morgan fingerprint density at radius 3 is 2.28 bits per heavy atom. The standard InChI is InChI=1S/C21H22F4N4O2S/c1-20(2,28-32(30,31)26-13-21(23,24)25)16-6-4-5-15(11-16)19-12-18(27-29(19)3)14-7-9-17(22)10-8-14/h4-12,26,28H,13H2,1-3H3. The maximum atomic E-state index is 13.2. The summed E-state index contributed by atoms with van der Waals surface area (Å²) in [6, 6.07) is 14.7. The van der Waals surface area contributed by atoms with Crippen LogP contribution in [0.25, 0.3) is 22.5 Å². The lowest BCUT2D eigenvalue weighted by atomic mass is 9.93. The van der Waals surface area contributed by atoms with E-state index in [4.69, 9.17) is 0 Å². The Morgan fingerprint density at radius 2 is 1.66 bits per heavy atom. The maximum Gasteiger partial charge on any atom is 0.402 e. The second-order valence-corrected chi connectivity index (χ2v) is 9.29. The van der Waals surface area contributed by atoms with E-state index < -0.39 is 28.5 Å². The average Bonchev–Trinajstić information content (AvgIpc) is 3.08. The molecular weight excluding hydrogens is 448 g/mol. The van der Waals surface area contributed by atoms with Gasteiger partial charge in [0.15, 0.2) is 0 Å². The van der Waals surface area contributed by atoms with Gasteiger partial charge in [-0.3, -0.25) is 4.68 Å². The van der Waals surface area contributed by atoms with E-state index in [1.165, 1.54) is 16.9 Å². The van der Waals surface area contributed by atoms with Gasteiger partial charge in [0.1, 0.15) is 12.4 Å².